The summed E-state index contributed by atoms with van der Waals surface area (Å²) < 4.78 is 16.2. The van der Waals surface area contributed by atoms with Crippen molar-refractivity contribution in [2.75, 3.05) is 20.3 Å². The standard InChI is InChI=1S/C27H32N4O6/c1-6-36-26(33)24-17(4)29-27(34)30-25(24)20-11-12-21(22(13-20)35-5)37-15-23(32)31-28-14-18-7-9-19(10-8-18)16(2)3/h7-14,16,25H,6,15H2,1-5H3,(H,31,32)(H2,29,30,34)/b28-14-/t25-/m0/s1. The van der Waals surface area contributed by atoms with Gasteiger partial charge in [-0.3, -0.25) is 4.79 Å². The minimum atomic E-state index is -0.747. The molecular formula is C27H32N4O6. The molecule has 0 aliphatic carbocycles. The normalized spacial score (nSPS) is 15.3. The Morgan fingerprint density at radius 2 is 1.86 bits per heavy atom. The highest BCUT2D eigenvalue weighted by Crippen LogP contribution is 2.34. The highest BCUT2D eigenvalue weighted by atomic mass is 16.5. The van der Waals surface area contributed by atoms with Gasteiger partial charge in [-0.2, -0.15) is 5.10 Å². The van der Waals surface area contributed by atoms with Gasteiger partial charge >= 0.3 is 12.0 Å². The van der Waals surface area contributed by atoms with E-state index < -0.39 is 23.9 Å². The number of rotatable bonds is 10. The van der Waals surface area contributed by atoms with Crippen LogP contribution in [0.1, 0.15) is 56.3 Å². The Morgan fingerprint density at radius 1 is 1.14 bits per heavy atom. The number of nitrogens with zero attached hydrogens (tertiary/aromatic N) is 1. The van der Waals surface area contributed by atoms with Crippen molar-refractivity contribution in [1.29, 1.82) is 0 Å². The first-order chi connectivity index (χ1) is 17.7. The fourth-order valence-corrected chi connectivity index (χ4v) is 3.73. The lowest BCUT2D eigenvalue weighted by Crippen LogP contribution is -2.45. The summed E-state index contributed by atoms with van der Waals surface area (Å²) in [5.41, 5.74) is 5.79. The maximum absolute atomic E-state index is 12.5. The monoisotopic (exact) mass is 508 g/mol. The molecule has 1 heterocycles. The fraction of sp³-hybridized carbons (Fsp3) is 0.333. The first kappa shape index (κ1) is 27.3. The molecule has 1 aliphatic rings. The molecule has 10 heteroatoms. The van der Waals surface area contributed by atoms with E-state index in [0.717, 1.165) is 5.56 Å². The van der Waals surface area contributed by atoms with Crippen LogP contribution < -0.4 is 25.5 Å². The minimum Gasteiger partial charge on any atom is -0.493 e. The summed E-state index contributed by atoms with van der Waals surface area (Å²) >= 11 is 0. The number of amides is 3. The summed E-state index contributed by atoms with van der Waals surface area (Å²) in [6, 6.07) is 11.6. The second-order valence-electron chi connectivity index (χ2n) is 8.60. The quantitative estimate of drug-likeness (QED) is 0.256. The Morgan fingerprint density at radius 3 is 2.51 bits per heavy atom. The van der Waals surface area contributed by atoms with Gasteiger partial charge < -0.3 is 24.8 Å². The number of carbonyl (C=O) groups excluding carboxylic acids is 3. The molecule has 2 aromatic carbocycles. The molecule has 0 radical (unpaired) electrons. The summed E-state index contributed by atoms with van der Waals surface area (Å²) in [6.07, 6.45) is 1.56. The Labute approximate surface area is 216 Å². The van der Waals surface area contributed by atoms with Gasteiger partial charge in [0.15, 0.2) is 18.1 Å². The van der Waals surface area contributed by atoms with Crippen LogP contribution in [-0.2, 0) is 14.3 Å². The van der Waals surface area contributed by atoms with Crippen molar-refractivity contribution >= 4 is 24.1 Å². The van der Waals surface area contributed by atoms with Crippen LogP contribution in [0.25, 0.3) is 0 Å². The number of nitrogens with one attached hydrogen (secondary N) is 3. The number of benzene rings is 2. The maximum atomic E-state index is 12.5. The van der Waals surface area contributed by atoms with E-state index in [-0.39, 0.29) is 18.8 Å². The van der Waals surface area contributed by atoms with Crippen molar-refractivity contribution in [1.82, 2.24) is 16.1 Å². The molecule has 3 N–H and O–H groups in total. The predicted octanol–water partition coefficient (Wildman–Crippen LogP) is 3.54. The van der Waals surface area contributed by atoms with Crippen LogP contribution in [0.5, 0.6) is 11.5 Å². The van der Waals surface area contributed by atoms with Crippen LogP contribution in [0.4, 0.5) is 4.79 Å². The van der Waals surface area contributed by atoms with Gasteiger partial charge in [-0.1, -0.05) is 44.2 Å². The molecule has 1 atom stereocenters. The zero-order valence-corrected chi connectivity index (χ0v) is 21.6. The van der Waals surface area contributed by atoms with Gasteiger partial charge in [0, 0.05) is 5.70 Å². The average Bonchev–Trinajstić information content (AvgIpc) is 2.87. The lowest BCUT2D eigenvalue weighted by atomic mass is 9.95. The van der Waals surface area contributed by atoms with Crippen LogP contribution >= 0.6 is 0 Å². The van der Waals surface area contributed by atoms with Gasteiger partial charge in [0.1, 0.15) is 0 Å². The fourth-order valence-electron chi connectivity index (χ4n) is 3.73. The second-order valence-corrected chi connectivity index (χ2v) is 8.60. The van der Waals surface area contributed by atoms with Crippen molar-refractivity contribution in [3.05, 3.63) is 70.4 Å². The Bertz CT molecular complexity index is 1200. The van der Waals surface area contributed by atoms with Gasteiger partial charge in [0.2, 0.25) is 0 Å². The van der Waals surface area contributed by atoms with Crippen LogP contribution in [-0.4, -0.2) is 44.4 Å². The molecule has 0 saturated heterocycles. The van der Waals surface area contributed by atoms with E-state index in [1.165, 1.54) is 12.7 Å². The number of hydrogen-bond acceptors (Lipinski definition) is 7. The topological polar surface area (TPSA) is 127 Å². The maximum Gasteiger partial charge on any atom is 0.338 e. The lowest BCUT2D eigenvalue weighted by Gasteiger charge is -2.28. The summed E-state index contributed by atoms with van der Waals surface area (Å²) in [7, 11) is 1.45. The van der Waals surface area contributed by atoms with Crippen LogP contribution in [0, 0.1) is 0 Å². The Balaban J connectivity index is 1.66. The zero-order chi connectivity index (χ0) is 26.9. The third-order valence-electron chi connectivity index (χ3n) is 5.65. The largest absolute Gasteiger partial charge is 0.493 e. The van der Waals surface area contributed by atoms with E-state index in [1.807, 2.05) is 24.3 Å². The van der Waals surface area contributed by atoms with E-state index in [4.69, 9.17) is 14.2 Å². The Kier molecular flexibility index (Phi) is 9.26. The number of hydrazone groups is 1. The number of methoxy groups -OCH3 is 1. The molecule has 0 unspecified atom stereocenters. The first-order valence-corrected chi connectivity index (χ1v) is 11.9. The molecular weight excluding hydrogens is 476 g/mol. The molecule has 0 saturated carbocycles. The highest BCUT2D eigenvalue weighted by Gasteiger charge is 2.32. The number of allylic oxidation sites excluding steroid dienone is 1. The molecule has 3 rings (SSSR count). The van der Waals surface area contributed by atoms with E-state index in [0.29, 0.717) is 28.7 Å². The lowest BCUT2D eigenvalue weighted by molar-refractivity contribution is -0.139. The number of carbonyl (C=O) groups is 3. The van der Waals surface area contributed by atoms with Crippen molar-refractivity contribution < 1.29 is 28.6 Å². The third-order valence-corrected chi connectivity index (χ3v) is 5.65. The minimum absolute atomic E-state index is 0.197. The third kappa shape index (κ3) is 7.09. The van der Waals surface area contributed by atoms with Crippen LogP contribution in [0.3, 0.4) is 0 Å². The molecule has 10 nitrogen and oxygen atoms in total. The first-order valence-electron chi connectivity index (χ1n) is 11.9. The summed E-state index contributed by atoms with van der Waals surface area (Å²) in [6.45, 7) is 7.48. The van der Waals surface area contributed by atoms with Crippen molar-refractivity contribution in [2.45, 2.75) is 39.7 Å². The SMILES string of the molecule is CCOC(=O)C1=C(C)NC(=O)N[C@H]1c1ccc(OCC(=O)N/N=C\c2ccc(C(C)C)cc2)c(OC)c1. The Hall–Kier alpha value is -4.34. The number of urea groups is 1. The van der Waals surface area contributed by atoms with E-state index in [9.17, 15) is 14.4 Å². The summed E-state index contributed by atoms with van der Waals surface area (Å²) in [5.74, 6) is 0.0911. The molecule has 0 aromatic heterocycles. The van der Waals surface area contributed by atoms with Crippen molar-refractivity contribution in [3.63, 3.8) is 0 Å². The second kappa shape index (κ2) is 12.6. The molecule has 0 fully saturated rings. The summed E-state index contributed by atoms with van der Waals surface area (Å²) in [5, 5.41) is 9.29. The average molecular weight is 509 g/mol. The van der Waals surface area contributed by atoms with Gasteiger partial charge in [0.25, 0.3) is 5.91 Å². The van der Waals surface area contributed by atoms with Crippen LogP contribution in [0.15, 0.2) is 58.8 Å². The summed E-state index contributed by atoms with van der Waals surface area (Å²) in [4.78, 5) is 36.8. The van der Waals surface area contributed by atoms with Crippen molar-refractivity contribution in [2.24, 2.45) is 5.10 Å². The molecule has 0 spiro atoms. The smallest absolute Gasteiger partial charge is 0.338 e. The van der Waals surface area contributed by atoms with Gasteiger partial charge in [-0.05, 0) is 48.6 Å². The highest BCUT2D eigenvalue weighted by molar-refractivity contribution is 5.95. The van der Waals surface area contributed by atoms with E-state index >= 15 is 0 Å². The molecule has 1 aliphatic heterocycles. The molecule has 196 valence electrons. The zero-order valence-electron chi connectivity index (χ0n) is 21.6. The van der Waals surface area contributed by atoms with E-state index in [2.05, 4.69) is 35.0 Å². The van der Waals surface area contributed by atoms with Gasteiger partial charge in [-0.25, -0.2) is 15.0 Å². The number of esters is 1. The van der Waals surface area contributed by atoms with Gasteiger partial charge in [0.05, 0.1) is 31.5 Å². The van der Waals surface area contributed by atoms with Gasteiger partial charge in [-0.15, -0.1) is 0 Å². The van der Waals surface area contributed by atoms with E-state index in [1.54, 1.807) is 38.3 Å². The molecule has 0 bridgehead atoms. The number of hydrogen-bond donors (Lipinski definition) is 3. The van der Waals surface area contributed by atoms with Crippen molar-refractivity contribution in [3.8, 4) is 11.5 Å². The molecule has 2 aromatic rings. The molecule has 3 amide bonds. The number of ether oxygens (including phenoxy) is 3. The van der Waals surface area contributed by atoms with Crippen LogP contribution in [0.2, 0.25) is 0 Å². The predicted molar refractivity (Wildman–Crippen MR) is 138 cm³/mol. The molecule has 37 heavy (non-hydrogen) atoms.